The molecule has 21 rings (SSSR count). The van der Waals surface area contributed by atoms with E-state index in [1.807, 2.05) is 0 Å². The van der Waals surface area contributed by atoms with Crippen LogP contribution in [-0.2, 0) is 0 Å². The van der Waals surface area contributed by atoms with E-state index < -0.39 is 0 Å². The van der Waals surface area contributed by atoms with E-state index in [2.05, 4.69) is 307 Å². The maximum Gasteiger partial charge on any atom is 0.252 e. The Labute approximate surface area is 494 Å². The zero-order valence-corrected chi connectivity index (χ0v) is 46.4. The van der Waals surface area contributed by atoms with Crippen LogP contribution in [0.4, 0.5) is 34.1 Å². The van der Waals surface area contributed by atoms with Gasteiger partial charge in [-0.05, 0) is 124 Å². The summed E-state index contributed by atoms with van der Waals surface area (Å²) >= 11 is 0. The van der Waals surface area contributed by atoms with Crippen LogP contribution in [0.15, 0.2) is 279 Å². The Balaban J connectivity index is 0.926. The third kappa shape index (κ3) is 5.60. The molecule has 4 aliphatic rings. The first-order chi connectivity index (χ1) is 42.7. The fourth-order valence-electron chi connectivity index (χ4n) is 16.7. The van der Waals surface area contributed by atoms with E-state index in [0.29, 0.717) is 0 Å². The van der Waals surface area contributed by atoms with Gasteiger partial charge < -0.3 is 28.1 Å². The average molecular weight is 1090 g/mol. The topological polar surface area (TPSA) is 26.2 Å². The van der Waals surface area contributed by atoms with Crippen LogP contribution in [0, 0.1) is 0 Å². The zero-order valence-electron chi connectivity index (χ0n) is 46.4. The number of fused-ring (bicyclic) bond motifs is 20. The fraction of sp³-hybridized carbons (Fsp3) is 0. The molecule has 86 heavy (non-hydrogen) atoms. The lowest BCUT2D eigenvalue weighted by atomic mass is 9.30. The van der Waals surface area contributed by atoms with Gasteiger partial charge in [0.15, 0.2) is 0 Å². The van der Waals surface area contributed by atoms with Crippen molar-refractivity contribution >= 4 is 168 Å². The van der Waals surface area contributed by atoms with E-state index >= 15 is 0 Å². The smallest absolute Gasteiger partial charge is 0.252 e. The van der Waals surface area contributed by atoms with Gasteiger partial charge in [0.05, 0.1) is 44.5 Å². The van der Waals surface area contributed by atoms with Crippen LogP contribution in [0.25, 0.3) is 110 Å². The van der Waals surface area contributed by atoms with Gasteiger partial charge in [-0.25, -0.2) is 0 Å². The summed E-state index contributed by atoms with van der Waals surface area (Å²) in [4.78, 5) is 5.22. The van der Waals surface area contributed by atoms with Crippen molar-refractivity contribution in [3.63, 3.8) is 0 Å². The summed E-state index contributed by atoms with van der Waals surface area (Å²) in [6.45, 7) is -0.218. The number of hydrogen-bond donors (Lipinski definition) is 0. The molecule has 8 heterocycles. The molecule has 0 unspecified atom stereocenters. The van der Waals surface area contributed by atoms with E-state index in [1.165, 1.54) is 154 Å². The quantitative estimate of drug-likeness (QED) is 0.164. The van der Waals surface area contributed by atoms with Crippen molar-refractivity contribution in [1.82, 2.24) is 18.3 Å². The van der Waals surface area contributed by atoms with Crippen LogP contribution >= 0.6 is 0 Å². The molecule has 0 aliphatic carbocycles. The molecule has 13 aromatic carbocycles. The maximum absolute atomic E-state index is 2.67. The second-order valence-corrected chi connectivity index (χ2v) is 23.9. The molecular weight excluding hydrogens is 1040 g/mol. The van der Waals surface area contributed by atoms with Gasteiger partial charge in [0.25, 0.3) is 13.4 Å². The Kier molecular flexibility index (Phi) is 8.60. The first-order valence-electron chi connectivity index (χ1n) is 30.0. The predicted molar refractivity (Wildman–Crippen MR) is 362 cm³/mol. The molecule has 394 valence electrons. The van der Waals surface area contributed by atoms with Crippen LogP contribution in [0.5, 0.6) is 0 Å². The lowest BCUT2D eigenvalue weighted by molar-refractivity contribution is 1.13. The number of benzene rings is 13. The van der Waals surface area contributed by atoms with Gasteiger partial charge >= 0.3 is 0 Å². The molecule has 6 nitrogen and oxygen atoms in total. The molecule has 4 aliphatic heterocycles. The molecular formula is C78H46B2N6. The van der Waals surface area contributed by atoms with Crippen LogP contribution in [0.3, 0.4) is 0 Å². The summed E-state index contributed by atoms with van der Waals surface area (Å²) < 4.78 is 10.2. The molecule has 0 fully saturated rings. The van der Waals surface area contributed by atoms with Crippen molar-refractivity contribution in [2.75, 3.05) is 9.80 Å². The first-order valence-corrected chi connectivity index (χ1v) is 30.0. The number of para-hydroxylation sites is 10. The van der Waals surface area contributed by atoms with E-state index in [4.69, 9.17) is 0 Å². The number of hydrogen-bond acceptors (Lipinski definition) is 2. The molecule has 17 aromatic rings. The minimum Gasteiger partial charge on any atom is -0.311 e. The highest BCUT2D eigenvalue weighted by Gasteiger charge is 2.48. The third-order valence-electron chi connectivity index (χ3n) is 19.8. The highest BCUT2D eigenvalue weighted by molar-refractivity contribution is 7.03. The van der Waals surface area contributed by atoms with E-state index in [-0.39, 0.29) is 13.4 Å². The molecule has 8 heteroatoms. The van der Waals surface area contributed by atoms with E-state index in [0.717, 1.165) is 22.7 Å². The van der Waals surface area contributed by atoms with Gasteiger partial charge in [0, 0.05) is 99.6 Å². The highest BCUT2D eigenvalue weighted by atomic mass is 15.2. The van der Waals surface area contributed by atoms with Crippen LogP contribution in [-0.4, -0.2) is 31.7 Å². The average Bonchev–Trinajstić information content (AvgIpc) is 1.24. The minimum absolute atomic E-state index is 0.109. The lowest BCUT2D eigenvalue weighted by Crippen LogP contribution is -2.64. The molecule has 0 amide bonds. The number of rotatable bonds is 4. The molecule has 0 spiro atoms. The van der Waals surface area contributed by atoms with Crippen LogP contribution in [0.2, 0.25) is 0 Å². The number of nitrogens with zero attached hydrogens (tertiary/aromatic N) is 6. The Morgan fingerprint density at radius 1 is 0.198 bits per heavy atom. The molecule has 0 N–H and O–H groups in total. The molecule has 0 radical (unpaired) electrons. The monoisotopic (exact) mass is 1090 g/mol. The summed E-state index contributed by atoms with van der Waals surface area (Å²) in [6, 6.07) is 106. The van der Waals surface area contributed by atoms with E-state index in [9.17, 15) is 0 Å². The Bertz CT molecular complexity index is 5420. The summed E-state index contributed by atoms with van der Waals surface area (Å²) in [5.74, 6) is 0. The molecule has 0 saturated heterocycles. The third-order valence-corrected chi connectivity index (χ3v) is 19.8. The summed E-state index contributed by atoms with van der Waals surface area (Å²) in [5.41, 5.74) is 29.2. The number of anilines is 6. The normalized spacial score (nSPS) is 13.5. The molecule has 0 bridgehead atoms. The van der Waals surface area contributed by atoms with Gasteiger partial charge in [-0.15, -0.1) is 0 Å². The molecule has 0 atom stereocenters. The van der Waals surface area contributed by atoms with Crippen LogP contribution < -0.4 is 42.6 Å². The van der Waals surface area contributed by atoms with Crippen molar-refractivity contribution in [2.24, 2.45) is 0 Å². The Morgan fingerprint density at radius 3 is 0.872 bits per heavy atom. The predicted octanol–water partition coefficient (Wildman–Crippen LogP) is 15.3. The van der Waals surface area contributed by atoms with Gasteiger partial charge in [0.1, 0.15) is 0 Å². The SMILES string of the molecule is c1ccc(N2c3cc4c(cc3B3c5c2cc(-n2c6ccccc6c6ccccc62)cc5-n2c5ccccc5c5cccc3c52)B2c3c(cc(-n5c6ccccc6c6ccccc65)cc3-n3c5ccccc5c5cccc2c53)N4c2ccccc2)cc1. The standard InChI is InChI=1S/C78H46B2N6/c1-3-21-47(22-4-1)81-69-46-70-62(45-61(69)79-59-33-19-31-57-55-29-11-17-39-67(55)85(77(57)59)73-43-49(41-71(81)75(73)79)83-63-35-13-7-25-51(63)52-26-8-14-36-64(52)83)80-60-34-20-32-58-56-30-12-18-40-68(56)86(78(58)60)74-44-50(42-72(76(74)80)82(70)48-23-5-2-6-24-48)84-65-37-15-9-27-53(65)54-28-10-16-38-66(54)84/h1-46H. The Morgan fingerprint density at radius 2 is 0.500 bits per heavy atom. The fourth-order valence-corrected chi connectivity index (χ4v) is 16.7. The maximum atomic E-state index is 2.67. The van der Waals surface area contributed by atoms with Gasteiger partial charge in [-0.1, -0.05) is 188 Å². The highest BCUT2D eigenvalue weighted by Crippen LogP contribution is 2.49. The van der Waals surface area contributed by atoms with Crippen molar-refractivity contribution in [1.29, 1.82) is 0 Å². The van der Waals surface area contributed by atoms with Crippen molar-refractivity contribution < 1.29 is 0 Å². The number of aromatic nitrogens is 4. The largest absolute Gasteiger partial charge is 0.311 e. The van der Waals surface area contributed by atoms with Gasteiger partial charge in [-0.2, -0.15) is 0 Å². The lowest BCUT2D eigenvalue weighted by Gasteiger charge is -2.44. The zero-order chi connectivity index (χ0) is 55.6. The second kappa shape index (κ2) is 16.3. The van der Waals surface area contributed by atoms with Gasteiger partial charge in [-0.3, -0.25) is 0 Å². The summed E-state index contributed by atoms with van der Waals surface area (Å²) in [6.07, 6.45) is 0. The van der Waals surface area contributed by atoms with Crippen molar-refractivity contribution in [3.05, 3.63) is 279 Å². The summed E-state index contributed by atoms with van der Waals surface area (Å²) in [7, 11) is 0. The van der Waals surface area contributed by atoms with Crippen molar-refractivity contribution in [3.8, 4) is 22.7 Å². The molecule has 0 saturated carbocycles. The Hall–Kier alpha value is -11.2. The van der Waals surface area contributed by atoms with Crippen LogP contribution in [0.1, 0.15) is 0 Å². The minimum atomic E-state index is -0.109. The second-order valence-electron chi connectivity index (χ2n) is 23.9. The van der Waals surface area contributed by atoms with Gasteiger partial charge in [0.2, 0.25) is 0 Å². The van der Waals surface area contributed by atoms with Crippen molar-refractivity contribution in [2.45, 2.75) is 0 Å². The van der Waals surface area contributed by atoms with E-state index in [1.54, 1.807) is 0 Å². The summed E-state index contributed by atoms with van der Waals surface area (Å²) in [5, 5.41) is 10.0. The molecule has 4 aromatic heterocycles. The first kappa shape index (κ1) is 45.3.